The van der Waals surface area contributed by atoms with Crippen LogP contribution in [-0.4, -0.2) is 5.11 Å². The van der Waals surface area contributed by atoms with Crippen LogP contribution >= 0.6 is 0 Å². The first kappa shape index (κ1) is 13.1. The first-order chi connectivity index (χ1) is 9.13. The Hall–Kier alpha value is -2.31. The molecule has 0 heterocycles. The molecule has 0 unspecified atom stereocenters. The molecule has 0 aromatic heterocycles. The number of nitriles is 1. The van der Waals surface area contributed by atoms with E-state index in [0.29, 0.717) is 17.1 Å². The van der Waals surface area contributed by atoms with Crippen molar-refractivity contribution in [3.63, 3.8) is 0 Å². The van der Waals surface area contributed by atoms with Crippen LogP contribution in [0.2, 0.25) is 0 Å². The molecule has 96 valence electrons. The zero-order valence-corrected chi connectivity index (χ0v) is 11.0. The summed E-state index contributed by atoms with van der Waals surface area (Å²) in [4.78, 5) is 0. The van der Waals surface area contributed by atoms with E-state index < -0.39 is 0 Å². The average Bonchev–Trinajstić information content (AvgIpc) is 2.43. The predicted molar refractivity (Wildman–Crippen MR) is 73.1 cm³/mol. The van der Waals surface area contributed by atoms with Crippen LogP contribution in [0.5, 0.6) is 11.5 Å². The predicted octanol–water partition coefficient (Wildman–Crippen LogP) is 3.46. The van der Waals surface area contributed by atoms with E-state index in [9.17, 15) is 5.11 Å². The van der Waals surface area contributed by atoms with Crippen molar-refractivity contribution in [3.8, 4) is 17.6 Å². The topological polar surface area (TPSA) is 53.2 Å². The molecule has 0 saturated carbocycles. The molecular formula is C16H15NO2. The van der Waals surface area contributed by atoms with Crippen LogP contribution in [0.4, 0.5) is 0 Å². The van der Waals surface area contributed by atoms with Gasteiger partial charge in [0, 0.05) is 5.56 Å². The highest BCUT2D eigenvalue weighted by atomic mass is 16.5. The standard InChI is InChI=1S/C16H15NO2/c1-11-3-6-15(14(7-11)10-18)19-16-8-13(9-17)5-4-12(16)2/h3-8,18H,10H2,1-2H3. The van der Waals surface area contributed by atoms with Gasteiger partial charge in [-0.15, -0.1) is 0 Å². The summed E-state index contributed by atoms with van der Waals surface area (Å²) >= 11 is 0. The number of hydrogen-bond donors (Lipinski definition) is 1. The summed E-state index contributed by atoms with van der Waals surface area (Å²) in [6.07, 6.45) is 0. The summed E-state index contributed by atoms with van der Waals surface area (Å²) in [5, 5.41) is 18.3. The molecule has 3 heteroatoms. The lowest BCUT2D eigenvalue weighted by Gasteiger charge is -2.12. The third kappa shape index (κ3) is 2.93. The lowest BCUT2D eigenvalue weighted by Crippen LogP contribution is -1.94. The zero-order valence-electron chi connectivity index (χ0n) is 11.0. The van der Waals surface area contributed by atoms with Crippen molar-refractivity contribution in [3.05, 3.63) is 58.7 Å². The van der Waals surface area contributed by atoms with E-state index in [0.717, 1.165) is 16.7 Å². The molecule has 0 aliphatic heterocycles. The van der Waals surface area contributed by atoms with Gasteiger partial charge < -0.3 is 9.84 Å². The smallest absolute Gasteiger partial charge is 0.132 e. The van der Waals surface area contributed by atoms with Gasteiger partial charge in [0.05, 0.1) is 18.2 Å². The normalized spacial score (nSPS) is 10.0. The number of aryl methyl sites for hydroxylation is 2. The van der Waals surface area contributed by atoms with Crippen LogP contribution in [0.25, 0.3) is 0 Å². The van der Waals surface area contributed by atoms with Crippen molar-refractivity contribution in [2.45, 2.75) is 20.5 Å². The van der Waals surface area contributed by atoms with E-state index in [1.165, 1.54) is 0 Å². The van der Waals surface area contributed by atoms with Crippen molar-refractivity contribution in [1.29, 1.82) is 5.26 Å². The van der Waals surface area contributed by atoms with Crippen molar-refractivity contribution in [1.82, 2.24) is 0 Å². The molecule has 0 atom stereocenters. The number of hydrogen-bond acceptors (Lipinski definition) is 3. The molecule has 0 radical (unpaired) electrons. The minimum atomic E-state index is -0.0754. The summed E-state index contributed by atoms with van der Waals surface area (Å²) in [6.45, 7) is 3.81. The fourth-order valence-electron chi connectivity index (χ4n) is 1.83. The fraction of sp³-hybridized carbons (Fsp3) is 0.188. The molecule has 0 bridgehead atoms. The molecule has 0 amide bonds. The lowest BCUT2D eigenvalue weighted by molar-refractivity contribution is 0.276. The number of aliphatic hydroxyl groups is 1. The Balaban J connectivity index is 2.39. The molecule has 0 spiro atoms. The van der Waals surface area contributed by atoms with E-state index >= 15 is 0 Å². The van der Waals surface area contributed by atoms with Crippen molar-refractivity contribution in [2.75, 3.05) is 0 Å². The Bertz CT molecular complexity index is 642. The second kappa shape index (κ2) is 5.55. The van der Waals surface area contributed by atoms with Gasteiger partial charge in [0.25, 0.3) is 0 Å². The van der Waals surface area contributed by atoms with E-state index in [1.807, 2.05) is 38.1 Å². The summed E-state index contributed by atoms with van der Waals surface area (Å²) in [7, 11) is 0. The van der Waals surface area contributed by atoms with Gasteiger partial charge in [0.2, 0.25) is 0 Å². The van der Waals surface area contributed by atoms with Crippen LogP contribution in [0.1, 0.15) is 22.3 Å². The van der Waals surface area contributed by atoms with Gasteiger partial charge in [-0.25, -0.2) is 0 Å². The van der Waals surface area contributed by atoms with Crippen LogP contribution in [-0.2, 0) is 6.61 Å². The third-order valence-corrected chi connectivity index (χ3v) is 2.92. The van der Waals surface area contributed by atoms with E-state index in [4.69, 9.17) is 10.00 Å². The second-order valence-electron chi connectivity index (χ2n) is 4.46. The number of aliphatic hydroxyl groups excluding tert-OH is 1. The largest absolute Gasteiger partial charge is 0.457 e. The summed E-state index contributed by atoms with van der Waals surface area (Å²) in [6, 6.07) is 13.0. The fourth-order valence-corrected chi connectivity index (χ4v) is 1.83. The number of benzene rings is 2. The molecule has 0 aliphatic carbocycles. The van der Waals surface area contributed by atoms with Gasteiger partial charge >= 0.3 is 0 Å². The SMILES string of the molecule is Cc1ccc(Oc2cc(C#N)ccc2C)c(CO)c1. The summed E-state index contributed by atoms with van der Waals surface area (Å²) in [5.41, 5.74) is 3.31. The Morgan fingerprint density at radius 2 is 1.89 bits per heavy atom. The molecule has 19 heavy (non-hydrogen) atoms. The van der Waals surface area contributed by atoms with E-state index in [1.54, 1.807) is 12.1 Å². The third-order valence-electron chi connectivity index (χ3n) is 2.92. The van der Waals surface area contributed by atoms with Crippen LogP contribution in [0.3, 0.4) is 0 Å². The van der Waals surface area contributed by atoms with Gasteiger partial charge in [-0.05, 0) is 37.6 Å². The highest BCUT2D eigenvalue weighted by molar-refractivity contribution is 5.46. The average molecular weight is 253 g/mol. The van der Waals surface area contributed by atoms with Gasteiger partial charge in [0.1, 0.15) is 11.5 Å². The van der Waals surface area contributed by atoms with Crippen molar-refractivity contribution >= 4 is 0 Å². The Labute approximate surface area is 112 Å². The Morgan fingerprint density at radius 3 is 2.58 bits per heavy atom. The van der Waals surface area contributed by atoms with Crippen molar-refractivity contribution in [2.24, 2.45) is 0 Å². The second-order valence-corrected chi connectivity index (χ2v) is 4.46. The molecule has 2 aromatic rings. The van der Waals surface area contributed by atoms with Gasteiger partial charge in [0.15, 0.2) is 0 Å². The van der Waals surface area contributed by atoms with E-state index in [-0.39, 0.29) is 6.61 Å². The maximum atomic E-state index is 9.36. The Morgan fingerprint density at radius 1 is 1.11 bits per heavy atom. The van der Waals surface area contributed by atoms with Gasteiger partial charge in [-0.3, -0.25) is 0 Å². The maximum absolute atomic E-state index is 9.36. The van der Waals surface area contributed by atoms with Crippen LogP contribution < -0.4 is 4.74 Å². The van der Waals surface area contributed by atoms with Crippen LogP contribution in [0.15, 0.2) is 36.4 Å². The first-order valence-corrected chi connectivity index (χ1v) is 6.03. The number of ether oxygens (including phenoxy) is 1. The molecule has 1 N–H and O–H groups in total. The molecule has 3 nitrogen and oxygen atoms in total. The first-order valence-electron chi connectivity index (χ1n) is 6.03. The number of rotatable bonds is 3. The number of nitrogens with zero attached hydrogens (tertiary/aromatic N) is 1. The Kier molecular flexibility index (Phi) is 3.84. The molecule has 0 saturated heterocycles. The van der Waals surface area contributed by atoms with Crippen molar-refractivity contribution < 1.29 is 9.84 Å². The maximum Gasteiger partial charge on any atom is 0.132 e. The van der Waals surface area contributed by atoms with Gasteiger partial charge in [-0.1, -0.05) is 23.8 Å². The highest BCUT2D eigenvalue weighted by Gasteiger charge is 2.07. The molecule has 2 rings (SSSR count). The molecular weight excluding hydrogens is 238 g/mol. The summed E-state index contributed by atoms with van der Waals surface area (Å²) < 4.78 is 5.82. The molecule has 0 aliphatic rings. The monoisotopic (exact) mass is 253 g/mol. The lowest BCUT2D eigenvalue weighted by atomic mass is 10.1. The minimum absolute atomic E-state index is 0.0754. The zero-order chi connectivity index (χ0) is 13.8. The van der Waals surface area contributed by atoms with Crippen LogP contribution in [0, 0.1) is 25.2 Å². The molecule has 2 aromatic carbocycles. The van der Waals surface area contributed by atoms with Gasteiger partial charge in [-0.2, -0.15) is 5.26 Å². The molecule has 0 fully saturated rings. The minimum Gasteiger partial charge on any atom is -0.457 e. The van der Waals surface area contributed by atoms with E-state index in [2.05, 4.69) is 6.07 Å². The summed E-state index contributed by atoms with van der Waals surface area (Å²) in [5.74, 6) is 1.25. The highest BCUT2D eigenvalue weighted by Crippen LogP contribution is 2.29. The quantitative estimate of drug-likeness (QED) is 0.911.